The number of aryl methyl sites for hydroxylation is 1. The van der Waals surface area contributed by atoms with Crippen LogP contribution in [0.1, 0.15) is 103 Å². The lowest BCUT2D eigenvalue weighted by Crippen LogP contribution is -2.25. The molecule has 0 aliphatic carbocycles. The van der Waals surface area contributed by atoms with Gasteiger partial charge in [0.25, 0.3) is 5.91 Å². The Morgan fingerprint density at radius 3 is 2.30 bits per heavy atom. The summed E-state index contributed by atoms with van der Waals surface area (Å²) < 4.78 is 44.3. The number of allylic oxidation sites excluding steroid dienone is 6. The molecule has 0 saturated carbocycles. The Bertz CT molecular complexity index is 1030. The van der Waals surface area contributed by atoms with Crippen LogP contribution in [-0.2, 0) is 19.8 Å². The highest BCUT2D eigenvalue weighted by atomic mass is 19.4. The molecule has 2 rings (SSSR count). The molecule has 10 heteroatoms. The first-order chi connectivity index (χ1) is 17.5. The van der Waals surface area contributed by atoms with E-state index in [9.17, 15) is 18.0 Å². The summed E-state index contributed by atoms with van der Waals surface area (Å²) in [7, 11) is 1.26. The summed E-state index contributed by atoms with van der Waals surface area (Å²) in [6.45, 7) is 16.5. The standard InChI is InChI=1S/C20H24F3N5O2.C5H12.C2H6/c1-5-8-13(7-3)10-14(9-6-2)18-25-17(30-27-18)12-24-19(29)15-11-16(20(21,22)23)26-28(15)4;1-4-5(2)3;1-2/h6,8-11H,5,7,12H2,1-4H3,(H,24,29);5H,4H2,1-3H3;1-2H3/b9-6-,13-8+,14-10+;;. The summed E-state index contributed by atoms with van der Waals surface area (Å²) >= 11 is 0. The van der Waals surface area contributed by atoms with Gasteiger partial charge in [0.05, 0.1) is 6.54 Å². The van der Waals surface area contributed by atoms with Crippen molar-refractivity contribution < 1.29 is 22.5 Å². The smallest absolute Gasteiger partial charge is 0.342 e. The summed E-state index contributed by atoms with van der Waals surface area (Å²) in [5.74, 6) is 0.635. The lowest BCUT2D eigenvalue weighted by atomic mass is 10.1. The van der Waals surface area contributed by atoms with Crippen LogP contribution < -0.4 is 5.32 Å². The van der Waals surface area contributed by atoms with E-state index in [2.05, 4.69) is 47.4 Å². The molecule has 2 aromatic heterocycles. The van der Waals surface area contributed by atoms with Gasteiger partial charge in [0.2, 0.25) is 11.7 Å². The Labute approximate surface area is 218 Å². The molecule has 208 valence electrons. The highest BCUT2D eigenvalue weighted by molar-refractivity contribution is 5.92. The molecule has 1 amide bonds. The Balaban J connectivity index is 0.00000165. The number of halogens is 3. The molecule has 1 N–H and O–H groups in total. The minimum Gasteiger partial charge on any atom is -0.342 e. The zero-order chi connectivity index (χ0) is 28.6. The van der Waals surface area contributed by atoms with Gasteiger partial charge in [0.15, 0.2) is 5.69 Å². The zero-order valence-electron chi connectivity index (χ0n) is 23.5. The van der Waals surface area contributed by atoms with Crippen molar-refractivity contribution >= 4 is 11.5 Å². The molecule has 0 radical (unpaired) electrons. The minimum atomic E-state index is -4.63. The summed E-state index contributed by atoms with van der Waals surface area (Å²) in [6, 6.07) is 0.688. The molecule has 0 spiro atoms. The molecule has 7 nitrogen and oxygen atoms in total. The van der Waals surface area contributed by atoms with E-state index < -0.39 is 17.8 Å². The number of amides is 1. The number of rotatable bonds is 9. The van der Waals surface area contributed by atoms with Gasteiger partial charge in [-0.05, 0) is 31.8 Å². The molecule has 37 heavy (non-hydrogen) atoms. The summed E-state index contributed by atoms with van der Waals surface area (Å²) in [5, 5.41) is 9.72. The predicted octanol–water partition coefficient (Wildman–Crippen LogP) is 7.54. The number of hydrogen-bond acceptors (Lipinski definition) is 5. The average molecular weight is 526 g/mol. The van der Waals surface area contributed by atoms with E-state index in [1.807, 2.05) is 52.8 Å². The maximum Gasteiger partial charge on any atom is 0.435 e. The lowest BCUT2D eigenvalue weighted by Gasteiger charge is -2.02. The van der Waals surface area contributed by atoms with Gasteiger partial charge in [0.1, 0.15) is 5.69 Å². The van der Waals surface area contributed by atoms with Gasteiger partial charge in [-0.1, -0.05) is 83.8 Å². The fraction of sp³-hybridized carbons (Fsp3) is 0.556. The quantitative estimate of drug-likeness (QED) is 0.342. The monoisotopic (exact) mass is 525 g/mol. The Morgan fingerprint density at radius 2 is 1.84 bits per heavy atom. The molecular formula is C27H42F3N5O2. The van der Waals surface area contributed by atoms with E-state index in [1.54, 1.807) is 0 Å². The van der Waals surface area contributed by atoms with Gasteiger partial charge in [0, 0.05) is 18.7 Å². The van der Waals surface area contributed by atoms with Crippen molar-refractivity contribution in [1.82, 2.24) is 25.2 Å². The molecule has 0 fully saturated rings. The number of hydrogen-bond donors (Lipinski definition) is 1. The SMILES string of the molecule is CC.CCC(C)C.C\C=C/C(=C\C(=C\CC)CC)c1noc(CNC(=O)c2cc(C(F)(F)F)nn2C)n1. The summed E-state index contributed by atoms with van der Waals surface area (Å²) in [6.07, 6.45) is 6.19. The molecule has 0 aromatic carbocycles. The third kappa shape index (κ3) is 12.1. The number of carbonyl (C=O) groups excluding carboxylic acids is 1. The molecule has 0 unspecified atom stereocenters. The van der Waals surface area contributed by atoms with Crippen LogP contribution >= 0.6 is 0 Å². The van der Waals surface area contributed by atoms with Gasteiger partial charge in [-0.2, -0.15) is 23.3 Å². The van der Waals surface area contributed by atoms with Crippen molar-refractivity contribution in [3.05, 3.63) is 59.0 Å². The van der Waals surface area contributed by atoms with Gasteiger partial charge in [-0.25, -0.2) is 0 Å². The minimum absolute atomic E-state index is 0.129. The van der Waals surface area contributed by atoms with Crippen molar-refractivity contribution in [3.8, 4) is 0 Å². The van der Waals surface area contributed by atoms with Crippen molar-refractivity contribution in [2.75, 3.05) is 0 Å². The first-order valence-electron chi connectivity index (χ1n) is 12.7. The Kier molecular flexibility index (Phi) is 15.8. The molecule has 0 atom stereocenters. The fourth-order valence-electron chi connectivity index (χ4n) is 2.64. The molecule has 0 saturated heterocycles. The normalized spacial score (nSPS) is 12.2. The van der Waals surface area contributed by atoms with Crippen LogP contribution in [0.5, 0.6) is 0 Å². The topological polar surface area (TPSA) is 85.8 Å². The van der Waals surface area contributed by atoms with Crippen molar-refractivity contribution in [3.63, 3.8) is 0 Å². The molecule has 2 aromatic rings. The van der Waals surface area contributed by atoms with Crippen LogP contribution in [0.4, 0.5) is 13.2 Å². The number of carbonyl (C=O) groups is 1. The molecule has 0 aliphatic rings. The van der Waals surface area contributed by atoms with Crippen LogP contribution in [-0.4, -0.2) is 25.8 Å². The first-order valence-corrected chi connectivity index (χ1v) is 12.7. The lowest BCUT2D eigenvalue weighted by molar-refractivity contribution is -0.141. The highest BCUT2D eigenvalue weighted by Crippen LogP contribution is 2.28. The predicted molar refractivity (Wildman–Crippen MR) is 142 cm³/mol. The molecule has 0 aliphatic heterocycles. The second kappa shape index (κ2) is 17.3. The van der Waals surface area contributed by atoms with Crippen LogP contribution in [0.15, 0.2) is 40.5 Å². The second-order valence-corrected chi connectivity index (χ2v) is 8.17. The van der Waals surface area contributed by atoms with Gasteiger partial charge in [-0.3, -0.25) is 9.48 Å². The number of nitrogens with one attached hydrogen (secondary N) is 1. The van der Waals surface area contributed by atoms with Gasteiger partial charge >= 0.3 is 6.18 Å². The van der Waals surface area contributed by atoms with E-state index >= 15 is 0 Å². The second-order valence-electron chi connectivity index (χ2n) is 8.17. The summed E-state index contributed by atoms with van der Waals surface area (Å²) in [5.41, 5.74) is 0.515. The van der Waals surface area contributed by atoms with Crippen LogP contribution in [0.3, 0.4) is 0 Å². The van der Waals surface area contributed by atoms with Crippen LogP contribution in [0.2, 0.25) is 0 Å². The third-order valence-corrected chi connectivity index (χ3v) is 4.91. The summed E-state index contributed by atoms with van der Waals surface area (Å²) in [4.78, 5) is 16.5. The third-order valence-electron chi connectivity index (χ3n) is 4.91. The Morgan fingerprint density at radius 1 is 1.22 bits per heavy atom. The fourth-order valence-corrected chi connectivity index (χ4v) is 2.64. The van der Waals surface area contributed by atoms with E-state index in [0.29, 0.717) is 11.9 Å². The first kappa shape index (κ1) is 33.8. The largest absolute Gasteiger partial charge is 0.435 e. The van der Waals surface area contributed by atoms with E-state index in [1.165, 1.54) is 13.5 Å². The van der Waals surface area contributed by atoms with Gasteiger partial charge < -0.3 is 9.84 Å². The molecular weight excluding hydrogens is 483 g/mol. The van der Waals surface area contributed by atoms with Crippen molar-refractivity contribution in [1.29, 1.82) is 0 Å². The number of alkyl halides is 3. The maximum absolute atomic E-state index is 12.7. The highest BCUT2D eigenvalue weighted by Gasteiger charge is 2.35. The van der Waals surface area contributed by atoms with Crippen molar-refractivity contribution in [2.45, 2.75) is 87.4 Å². The molecule has 2 heterocycles. The van der Waals surface area contributed by atoms with E-state index in [-0.39, 0.29) is 18.1 Å². The molecule has 0 bridgehead atoms. The van der Waals surface area contributed by atoms with E-state index in [0.717, 1.165) is 34.6 Å². The van der Waals surface area contributed by atoms with E-state index in [4.69, 9.17) is 4.52 Å². The van der Waals surface area contributed by atoms with Crippen LogP contribution in [0, 0.1) is 5.92 Å². The Hall–Kier alpha value is -3.17. The number of nitrogens with zero attached hydrogens (tertiary/aromatic N) is 4. The van der Waals surface area contributed by atoms with Crippen molar-refractivity contribution in [2.24, 2.45) is 13.0 Å². The van der Waals surface area contributed by atoms with Crippen LogP contribution in [0.25, 0.3) is 5.57 Å². The number of aromatic nitrogens is 4. The maximum atomic E-state index is 12.7. The van der Waals surface area contributed by atoms with Gasteiger partial charge in [-0.15, -0.1) is 0 Å². The zero-order valence-corrected chi connectivity index (χ0v) is 23.5. The average Bonchev–Trinajstić information content (AvgIpc) is 3.50.